The van der Waals surface area contributed by atoms with Gasteiger partial charge in [-0.3, -0.25) is 19.8 Å². The lowest BCUT2D eigenvalue weighted by molar-refractivity contribution is -0.133. The van der Waals surface area contributed by atoms with Gasteiger partial charge in [0.15, 0.2) is 0 Å². The normalized spacial score (nSPS) is 17.9. The van der Waals surface area contributed by atoms with Crippen molar-refractivity contribution in [2.75, 3.05) is 36.4 Å². The first kappa shape index (κ1) is 30.2. The molecule has 2 heterocycles. The number of aromatic hydroxyl groups is 1. The largest absolute Gasteiger partial charge is 0.508 e. The topological polar surface area (TPSA) is 84.9 Å². The average Bonchev–Trinajstić information content (AvgIpc) is 3.07. The Morgan fingerprint density at radius 1 is 0.822 bits per heavy atom. The number of carbonyl (C=O) groups is 2. The number of piperazine rings is 1. The van der Waals surface area contributed by atoms with Crippen LogP contribution in [-0.2, 0) is 16.1 Å². The van der Waals surface area contributed by atoms with Gasteiger partial charge in [0.05, 0.1) is 0 Å². The maximum absolute atomic E-state index is 12.2. The molecular weight excluding hydrogens is 560 g/mol. The molecular formula is C38H40N4O3. The van der Waals surface area contributed by atoms with Crippen LogP contribution >= 0.6 is 0 Å². The van der Waals surface area contributed by atoms with Crippen molar-refractivity contribution in [3.05, 3.63) is 125 Å². The fraction of sp³-hybridized carbons (Fsp3) is 0.263. The van der Waals surface area contributed by atoms with Gasteiger partial charge in [0.1, 0.15) is 11.8 Å². The zero-order valence-corrected chi connectivity index (χ0v) is 25.7. The Labute approximate surface area is 265 Å². The van der Waals surface area contributed by atoms with Crippen LogP contribution in [0.2, 0.25) is 0 Å². The number of anilines is 2. The number of allylic oxidation sites excluding steroid dienone is 1. The minimum atomic E-state index is -0.382. The molecule has 7 nitrogen and oxygen atoms in total. The monoisotopic (exact) mass is 600 g/mol. The lowest BCUT2D eigenvalue weighted by atomic mass is 9.88. The number of nitrogens with one attached hydrogen (secondary N) is 2. The average molecular weight is 601 g/mol. The zero-order chi connectivity index (χ0) is 31.2. The van der Waals surface area contributed by atoms with Gasteiger partial charge in [-0.15, -0.1) is 0 Å². The lowest BCUT2D eigenvalue weighted by Gasteiger charge is -2.36. The molecule has 2 aliphatic rings. The molecule has 0 aliphatic carbocycles. The number of phenolic OH excluding ortho intramolecular Hbond substituents is 1. The molecule has 3 N–H and O–H groups in total. The number of piperidine rings is 1. The highest BCUT2D eigenvalue weighted by Crippen LogP contribution is 2.36. The van der Waals surface area contributed by atoms with Crippen molar-refractivity contribution >= 4 is 34.3 Å². The number of imide groups is 1. The van der Waals surface area contributed by atoms with Crippen LogP contribution in [0.4, 0.5) is 11.4 Å². The van der Waals surface area contributed by atoms with Crippen LogP contribution in [0.5, 0.6) is 5.75 Å². The Balaban J connectivity index is 1.12. The second-order valence-electron chi connectivity index (χ2n) is 11.8. The summed E-state index contributed by atoms with van der Waals surface area (Å²) in [6.07, 6.45) is 1.76. The zero-order valence-electron chi connectivity index (χ0n) is 25.7. The number of benzene rings is 4. The molecule has 2 fully saturated rings. The van der Waals surface area contributed by atoms with Gasteiger partial charge in [-0.05, 0) is 82.6 Å². The van der Waals surface area contributed by atoms with Gasteiger partial charge in [0, 0.05) is 50.5 Å². The van der Waals surface area contributed by atoms with Gasteiger partial charge in [-0.25, -0.2) is 0 Å². The first-order valence-corrected chi connectivity index (χ1v) is 15.8. The molecule has 6 rings (SSSR count). The maximum Gasteiger partial charge on any atom is 0.249 e. The number of amides is 2. The van der Waals surface area contributed by atoms with Gasteiger partial charge in [-0.2, -0.15) is 0 Å². The number of hydrogen-bond acceptors (Lipinski definition) is 6. The SMILES string of the molecule is CCC(=C(c1ccc(O)cc1)c1ccc(N2CCN(Cc3cccc(NC4CCC(=O)NC4=O)c3)CC2)cc1)c1ccccc1. The molecule has 4 aromatic carbocycles. The summed E-state index contributed by atoms with van der Waals surface area (Å²) in [5.74, 6) is -0.191. The van der Waals surface area contributed by atoms with Crippen LogP contribution in [0.1, 0.15) is 48.4 Å². The number of rotatable bonds is 9. The number of carbonyl (C=O) groups excluding carboxylic acids is 2. The van der Waals surface area contributed by atoms with E-state index >= 15 is 0 Å². The maximum atomic E-state index is 12.2. The molecule has 4 aromatic rings. The van der Waals surface area contributed by atoms with Crippen molar-refractivity contribution in [1.82, 2.24) is 10.2 Å². The predicted octanol–water partition coefficient (Wildman–Crippen LogP) is 6.30. The Bertz CT molecular complexity index is 1660. The van der Waals surface area contributed by atoms with Crippen molar-refractivity contribution in [2.45, 2.75) is 38.8 Å². The van der Waals surface area contributed by atoms with Crippen molar-refractivity contribution in [2.24, 2.45) is 0 Å². The molecule has 1 atom stereocenters. The minimum Gasteiger partial charge on any atom is -0.508 e. The number of nitrogens with zero attached hydrogens (tertiary/aromatic N) is 2. The predicted molar refractivity (Wildman–Crippen MR) is 181 cm³/mol. The minimum absolute atomic E-state index is 0.203. The standard InChI is InChI=1S/C38H40N4O3/c1-2-34(28-8-4-3-5-9-28)37(30-13-17-33(43)18-14-30)29-11-15-32(16-12-29)42-23-21-41(22-24-42)26-27-7-6-10-31(25-27)39-35-19-20-36(44)40-38(35)45/h3-18,25,35,39,43H,2,19-24,26H2,1H3,(H,40,44,45). The van der Waals surface area contributed by atoms with E-state index in [0.717, 1.165) is 56.0 Å². The van der Waals surface area contributed by atoms with E-state index in [1.165, 1.54) is 28.0 Å². The third-order valence-corrected chi connectivity index (χ3v) is 8.74. The molecule has 45 heavy (non-hydrogen) atoms. The molecule has 230 valence electrons. The second kappa shape index (κ2) is 13.8. The second-order valence-corrected chi connectivity index (χ2v) is 11.8. The van der Waals surface area contributed by atoms with Crippen LogP contribution < -0.4 is 15.5 Å². The molecule has 0 radical (unpaired) electrons. The van der Waals surface area contributed by atoms with Crippen LogP contribution in [-0.4, -0.2) is 54.0 Å². The summed E-state index contributed by atoms with van der Waals surface area (Å²) < 4.78 is 0. The van der Waals surface area contributed by atoms with Crippen LogP contribution in [0.15, 0.2) is 103 Å². The Morgan fingerprint density at radius 2 is 1.51 bits per heavy atom. The van der Waals surface area contributed by atoms with Crippen LogP contribution in [0, 0.1) is 0 Å². The van der Waals surface area contributed by atoms with Gasteiger partial charge >= 0.3 is 0 Å². The highest BCUT2D eigenvalue weighted by Gasteiger charge is 2.26. The number of phenols is 1. The van der Waals surface area contributed by atoms with E-state index in [1.807, 2.05) is 30.3 Å². The summed E-state index contributed by atoms with van der Waals surface area (Å²) in [5, 5.41) is 15.7. The Hall–Kier alpha value is -4.88. The summed E-state index contributed by atoms with van der Waals surface area (Å²) in [6, 6.07) is 34.8. The first-order chi connectivity index (χ1) is 22.0. The van der Waals surface area contributed by atoms with Crippen molar-refractivity contribution in [3.63, 3.8) is 0 Å². The van der Waals surface area contributed by atoms with Gasteiger partial charge < -0.3 is 15.3 Å². The molecule has 0 aromatic heterocycles. The van der Waals surface area contributed by atoms with E-state index in [4.69, 9.17) is 0 Å². The molecule has 0 spiro atoms. The van der Waals surface area contributed by atoms with Gasteiger partial charge in [0.25, 0.3) is 0 Å². The van der Waals surface area contributed by atoms with Gasteiger partial charge in [-0.1, -0.05) is 73.7 Å². The van der Waals surface area contributed by atoms with E-state index in [0.29, 0.717) is 12.8 Å². The summed E-state index contributed by atoms with van der Waals surface area (Å²) in [4.78, 5) is 28.6. The van der Waals surface area contributed by atoms with Crippen molar-refractivity contribution < 1.29 is 14.7 Å². The summed E-state index contributed by atoms with van der Waals surface area (Å²) >= 11 is 0. The fourth-order valence-corrected chi connectivity index (χ4v) is 6.36. The molecule has 7 heteroatoms. The van der Waals surface area contributed by atoms with Gasteiger partial charge in [0.2, 0.25) is 11.8 Å². The molecule has 0 bridgehead atoms. The number of hydrogen-bond donors (Lipinski definition) is 3. The fourth-order valence-electron chi connectivity index (χ4n) is 6.36. The highest BCUT2D eigenvalue weighted by molar-refractivity contribution is 6.01. The summed E-state index contributed by atoms with van der Waals surface area (Å²) in [5.41, 5.74) is 9.25. The molecule has 0 saturated carbocycles. The summed E-state index contributed by atoms with van der Waals surface area (Å²) in [6.45, 7) is 6.84. The van der Waals surface area contributed by atoms with E-state index in [9.17, 15) is 14.7 Å². The van der Waals surface area contributed by atoms with Crippen molar-refractivity contribution in [3.8, 4) is 5.75 Å². The van der Waals surface area contributed by atoms with Crippen LogP contribution in [0.3, 0.4) is 0 Å². The third kappa shape index (κ3) is 7.27. The van der Waals surface area contributed by atoms with Crippen LogP contribution in [0.25, 0.3) is 11.1 Å². The third-order valence-electron chi connectivity index (χ3n) is 8.74. The first-order valence-electron chi connectivity index (χ1n) is 15.8. The van der Waals surface area contributed by atoms with Crippen molar-refractivity contribution in [1.29, 1.82) is 0 Å². The molecule has 1 unspecified atom stereocenters. The summed E-state index contributed by atoms with van der Waals surface area (Å²) in [7, 11) is 0. The highest BCUT2D eigenvalue weighted by atomic mass is 16.3. The van der Waals surface area contributed by atoms with E-state index in [1.54, 1.807) is 12.1 Å². The van der Waals surface area contributed by atoms with E-state index < -0.39 is 0 Å². The van der Waals surface area contributed by atoms with E-state index in [-0.39, 0.29) is 23.6 Å². The Kier molecular flexibility index (Phi) is 9.27. The smallest absolute Gasteiger partial charge is 0.249 e. The molecule has 2 aliphatic heterocycles. The molecule has 2 amide bonds. The quantitative estimate of drug-likeness (QED) is 0.155. The lowest BCUT2D eigenvalue weighted by Crippen LogP contribution is -2.47. The van der Waals surface area contributed by atoms with E-state index in [2.05, 4.69) is 88.0 Å². The Morgan fingerprint density at radius 3 is 2.18 bits per heavy atom. The molecule has 2 saturated heterocycles.